The summed E-state index contributed by atoms with van der Waals surface area (Å²) in [6.45, 7) is 4.65. The maximum Gasteiger partial charge on any atom is 0.327 e. The Kier molecular flexibility index (Phi) is 11.7. The van der Waals surface area contributed by atoms with Crippen molar-refractivity contribution in [3.8, 4) is 0 Å². The molecule has 52 heavy (non-hydrogen) atoms. The van der Waals surface area contributed by atoms with Gasteiger partial charge >= 0.3 is 5.97 Å². The van der Waals surface area contributed by atoms with Crippen molar-refractivity contribution in [2.75, 3.05) is 19.7 Å². The second-order valence-electron chi connectivity index (χ2n) is 15.7. The lowest BCUT2D eigenvalue weighted by Crippen LogP contribution is -2.69. The fraction of sp³-hybridized carbons (Fsp3) is 0.725. The van der Waals surface area contributed by atoms with Gasteiger partial charge in [0.15, 0.2) is 11.8 Å². The Bertz CT molecular complexity index is 1440. The lowest BCUT2D eigenvalue weighted by Gasteiger charge is -2.48. The SMILES string of the molecule is CCCCCC1(CCCCC)O[C@@H]2[C@H](O1)[C@H]1ON(Cc3ccc(C=CC4CCC5OC5C4)cc3)[C@@H]3C(=O)O[C@@H]2C[C@]13C(=O)NCCC(=O)NCCO. The smallest absolute Gasteiger partial charge is 0.327 e. The predicted octanol–water partition coefficient (Wildman–Crippen LogP) is 4.32. The molecule has 4 heterocycles. The molecule has 6 aliphatic rings. The number of epoxide rings is 1. The first-order chi connectivity index (χ1) is 25.3. The highest BCUT2D eigenvalue weighted by molar-refractivity contribution is 5.93. The molecule has 2 saturated carbocycles. The van der Waals surface area contributed by atoms with E-state index in [0.717, 1.165) is 81.8 Å². The summed E-state index contributed by atoms with van der Waals surface area (Å²) in [5.74, 6) is -1.46. The second-order valence-corrected chi connectivity index (χ2v) is 15.7. The Morgan fingerprint density at radius 1 is 0.942 bits per heavy atom. The molecule has 1 aromatic carbocycles. The van der Waals surface area contributed by atoms with Crippen LogP contribution in [0.15, 0.2) is 30.3 Å². The molecule has 1 aromatic rings. The largest absolute Gasteiger partial charge is 0.458 e. The molecule has 12 heteroatoms. The number of amides is 2. The van der Waals surface area contributed by atoms with Crippen molar-refractivity contribution in [1.82, 2.24) is 15.7 Å². The topological polar surface area (TPSA) is 148 Å². The number of rotatable bonds is 18. The molecule has 2 aliphatic carbocycles. The zero-order chi connectivity index (χ0) is 36.3. The van der Waals surface area contributed by atoms with Crippen molar-refractivity contribution in [3.63, 3.8) is 0 Å². The number of allylic oxidation sites excluding steroid dienone is 1. The Balaban J connectivity index is 1.12. The average molecular weight is 724 g/mol. The molecular weight excluding hydrogens is 666 g/mol. The number of fused-ring (bicyclic) bond motifs is 5. The summed E-state index contributed by atoms with van der Waals surface area (Å²) in [4.78, 5) is 47.5. The maximum absolute atomic E-state index is 14.5. The average Bonchev–Trinajstić information content (AvgIpc) is 3.69. The summed E-state index contributed by atoms with van der Waals surface area (Å²) in [7, 11) is 0. The van der Waals surface area contributed by atoms with Crippen LogP contribution < -0.4 is 10.6 Å². The van der Waals surface area contributed by atoms with Gasteiger partial charge < -0.3 is 34.7 Å². The summed E-state index contributed by atoms with van der Waals surface area (Å²) < 4.78 is 25.6. The molecule has 9 atom stereocenters. The van der Waals surface area contributed by atoms with Crippen LogP contribution in [0.5, 0.6) is 0 Å². The van der Waals surface area contributed by atoms with E-state index in [9.17, 15) is 14.4 Å². The molecular formula is C40H57N3O9. The third-order valence-electron chi connectivity index (χ3n) is 12.0. The number of benzene rings is 1. The highest BCUT2D eigenvalue weighted by Crippen LogP contribution is 2.58. The molecule has 0 aromatic heterocycles. The van der Waals surface area contributed by atoms with Crippen LogP contribution in [0.4, 0.5) is 0 Å². The van der Waals surface area contributed by atoms with Crippen molar-refractivity contribution in [1.29, 1.82) is 0 Å². The van der Waals surface area contributed by atoms with Gasteiger partial charge in [0.25, 0.3) is 0 Å². The minimum atomic E-state index is -1.30. The monoisotopic (exact) mass is 723 g/mol. The van der Waals surface area contributed by atoms with Gasteiger partial charge in [0.1, 0.15) is 29.8 Å². The zero-order valence-corrected chi connectivity index (χ0v) is 30.8. The van der Waals surface area contributed by atoms with E-state index in [1.807, 2.05) is 12.1 Å². The van der Waals surface area contributed by atoms with Crippen LogP contribution in [0.3, 0.4) is 0 Å². The van der Waals surface area contributed by atoms with Crippen LogP contribution in [0, 0.1) is 11.3 Å². The first kappa shape index (κ1) is 37.4. The summed E-state index contributed by atoms with van der Waals surface area (Å²) >= 11 is 0. The molecule has 7 rings (SSSR count). The molecule has 2 bridgehead atoms. The van der Waals surface area contributed by atoms with E-state index in [1.54, 1.807) is 5.06 Å². The molecule has 286 valence electrons. The minimum Gasteiger partial charge on any atom is -0.458 e. The van der Waals surface area contributed by atoms with E-state index in [4.69, 9.17) is 28.9 Å². The van der Waals surface area contributed by atoms with Gasteiger partial charge in [0.2, 0.25) is 11.8 Å². The van der Waals surface area contributed by atoms with Crippen molar-refractivity contribution < 1.29 is 43.3 Å². The number of carbonyl (C=O) groups excluding carboxylic acids is 3. The number of nitrogens with one attached hydrogen (secondary N) is 2. The van der Waals surface area contributed by atoms with E-state index in [-0.39, 0.29) is 50.9 Å². The van der Waals surface area contributed by atoms with Gasteiger partial charge in [-0.15, -0.1) is 0 Å². The number of nitrogens with zero attached hydrogens (tertiary/aromatic N) is 1. The molecule has 3 unspecified atom stereocenters. The fourth-order valence-electron chi connectivity index (χ4n) is 9.21. The van der Waals surface area contributed by atoms with E-state index >= 15 is 0 Å². The van der Waals surface area contributed by atoms with E-state index < -0.39 is 47.6 Å². The van der Waals surface area contributed by atoms with Gasteiger partial charge in [-0.1, -0.05) is 75.9 Å². The molecule has 4 aliphatic heterocycles. The maximum atomic E-state index is 14.5. The van der Waals surface area contributed by atoms with Crippen LogP contribution in [0.25, 0.3) is 6.08 Å². The quantitative estimate of drug-likeness (QED) is 0.114. The lowest BCUT2D eigenvalue weighted by atomic mass is 9.62. The van der Waals surface area contributed by atoms with E-state index in [2.05, 4.69) is 48.8 Å². The third kappa shape index (κ3) is 7.70. The Morgan fingerprint density at radius 3 is 2.40 bits per heavy atom. The summed E-state index contributed by atoms with van der Waals surface area (Å²) in [6.07, 6.45) is 14.0. The number of hydroxylamine groups is 2. The Morgan fingerprint density at radius 2 is 1.69 bits per heavy atom. The van der Waals surface area contributed by atoms with Gasteiger partial charge in [-0.05, 0) is 49.1 Å². The number of unbranched alkanes of at least 4 members (excludes halogenated alkanes) is 4. The van der Waals surface area contributed by atoms with Crippen molar-refractivity contribution in [2.45, 2.75) is 152 Å². The van der Waals surface area contributed by atoms with Crippen molar-refractivity contribution in [2.24, 2.45) is 11.3 Å². The van der Waals surface area contributed by atoms with Crippen LogP contribution in [-0.2, 0) is 44.7 Å². The molecule has 0 radical (unpaired) electrons. The highest BCUT2D eigenvalue weighted by Gasteiger charge is 2.76. The first-order valence-electron chi connectivity index (χ1n) is 19.9. The van der Waals surface area contributed by atoms with E-state index in [1.165, 1.54) is 0 Å². The van der Waals surface area contributed by atoms with Crippen LogP contribution in [0.1, 0.15) is 108 Å². The van der Waals surface area contributed by atoms with Gasteiger partial charge in [0, 0.05) is 38.8 Å². The number of aliphatic hydroxyl groups is 1. The predicted molar refractivity (Wildman–Crippen MR) is 191 cm³/mol. The normalized spacial score (nSPS) is 34.1. The molecule has 12 nitrogen and oxygen atoms in total. The zero-order valence-electron chi connectivity index (χ0n) is 30.8. The molecule has 0 spiro atoms. The van der Waals surface area contributed by atoms with Gasteiger partial charge in [-0.3, -0.25) is 19.2 Å². The van der Waals surface area contributed by atoms with Gasteiger partial charge in [0.05, 0.1) is 25.4 Å². The highest BCUT2D eigenvalue weighted by atomic mass is 16.8. The minimum absolute atomic E-state index is 0.0374. The Hall–Kier alpha value is -2.87. The standard InChI is InChI=1S/C40H57N3O9/c1-3-5-7-18-39(19-8-6-4-2)50-33-31-24-40(38(47)42-20-17-32(45)41-21-22-44)35(37(46)49-31)43(52-36(40)34(33)51-39)25-28-13-10-26(11-14-28)9-12-27-15-16-29-30(23-27)48-29/h9-14,27,29-31,33-36,44H,3-8,15-25H2,1-2H3,(H,41,45)(H,42,47)/t27?,29?,30?,31-,33+,34+,35-,36-,40-/m1/s1. The third-order valence-corrected chi connectivity index (χ3v) is 12.0. The molecule has 2 amide bonds. The number of hydrogen-bond donors (Lipinski definition) is 3. The molecule has 6 fully saturated rings. The summed E-state index contributed by atoms with van der Waals surface area (Å²) in [5, 5.41) is 16.3. The number of esters is 1. The summed E-state index contributed by atoms with van der Waals surface area (Å²) in [6, 6.07) is 7.20. The number of hydrogen-bond acceptors (Lipinski definition) is 10. The van der Waals surface area contributed by atoms with Crippen LogP contribution in [0.2, 0.25) is 0 Å². The van der Waals surface area contributed by atoms with Crippen LogP contribution in [-0.4, -0.2) is 96.1 Å². The summed E-state index contributed by atoms with van der Waals surface area (Å²) in [5.41, 5.74) is 0.726. The molecule has 4 saturated heterocycles. The number of aliphatic hydroxyl groups excluding tert-OH is 1. The van der Waals surface area contributed by atoms with Gasteiger partial charge in [-0.25, -0.2) is 0 Å². The fourth-order valence-corrected chi connectivity index (χ4v) is 9.21. The van der Waals surface area contributed by atoms with E-state index in [0.29, 0.717) is 18.1 Å². The molecule has 3 N–H and O–H groups in total. The Labute approximate surface area is 307 Å². The van der Waals surface area contributed by atoms with Crippen molar-refractivity contribution >= 4 is 23.9 Å². The van der Waals surface area contributed by atoms with Gasteiger partial charge in [-0.2, -0.15) is 5.06 Å². The van der Waals surface area contributed by atoms with Crippen LogP contribution >= 0.6 is 0 Å². The number of carbonyl (C=O) groups is 3. The second kappa shape index (κ2) is 16.2. The first-order valence-corrected chi connectivity index (χ1v) is 19.9. The number of ether oxygens (including phenoxy) is 4. The lowest BCUT2D eigenvalue weighted by molar-refractivity contribution is -0.224. The van der Waals surface area contributed by atoms with Crippen molar-refractivity contribution in [3.05, 3.63) is 41.5 Å².